The highest BCUT2D eigenvalue weighted by Gasteiger charge is 2.52. The van der Waals surface area contributed by atoms with Crippen molar-refractivity contribution in [1.29, 1.82) is 0 Å². The van der Waals surface area contributed by atoms with Gasteiger partial charge in [0, 0.05) is 18.4 Å². The molecule has 5 N–H and O–H groups in total. The van der Waals surface area contributed by atoms with Gasteiger partial charge in [-0.25, -0.2) is 0 Å². The lowest BCUT2D eigenvalue weighted by Crippen LogP contribution is -2.53. The highest BCUT2D eigenvalue weighted by molar-refractivity contribution is 6.00. The van der Waals surface area contributed by atoms with Gasteiger partial charge in [0.2, 0.25) is 11.6 Å². The number of carbonyl (C=O) groups excluding carboxylic acids is 1. The number of benzene rings is 2. The maximum absolute atomic E-state index is 12.6. The second-order valence-corrected chi connectivity index (χ2v) is 11.2. The Morgan fingerprint density at radius 1 is 1.15 bits per heavy atom. The SMILES string of the molecule is CN(C)C(CC(N)=O)C1(C(=O)O)CCC(C2=C3C=NC=C[N+]3(N)C(c3cccc(OCc4ccccc4)c3)=N2)CC1. The summed E-state index contributed by atoms with van der Waals surface area (Å²) in [5, 5.41) is 10.4. The van der Waals surface area contributed by atoms with Crippen molar-refractivity contribution in [2.45, 2.75) is 44.8 Å². The molecular weight excluding hydrogens is 520 g/mol. The van der Waals surface area contributed by atoms with E-state index in [-0.39, 0.29) is 16.9 Å². The molecule has 5 rings (SSSR count). The smallest absolute Gasteiger partial charge is 0.311 e. The number of carbonyl (C=O) groups is 2. The first-order chi connectivity index (χ1) is 19.6. The number of aliphatic imine (C=N–C) groups is 2. The zero-order valence-electron chi connectivity index (χ0n) is 23.4. The van der Waals surface area contributed by atoms with E-state index in [1.54, 1.807) is 37.6 Å². The van der Waals surface area contributed by atoms with E-state index in [0.29, 0.717) is 43.9 Å². The molecule has 2 heterocycles. The van der Waals surface area contributed by atoms with Crippen molar-refractivity contribution in [1.82, 2.24) is 4.90 Å². The average Bonchev–Trinajstić information content (AvgIpc) is 3.28. The summed E-state index contributed by atoms with van der Waals surface area (Å²) in [6, 6.07) is 17.2. The molecule has 3 aliphatic rings. The second-order valence-electron chi connectivity index (χ2n) is 11.2. The number of hydrogen-bond donors (Lipinski definition) is 3. The molecule has 1 aliphatic carbocycles. The van der Waals surface area contributed by atoms with Crippen molar-refractivity contribution < 1.29 is 24.0 Å². The number of hydrogen-bond acceptors (Lipinski definition) is 7. The number of primary amides is 1. The molecule has 2 unspecified atom stereocenters. The zero-order valence-corrected chi connectivity index (χ0v) is 23.4. The van der Waals surface area contributed by atoms with Crippen LogP contribution in [0.1, 0.15) is 43.2 Å². The van der Waals surface area contributed by atoms with Crippen molar-refractivity contribution in [2.75, 3.05) is 14.1 Å². The quantitative estimate of drug-likeness (QED) is 0.301. The van der Waals surface area contributed by atoms with Gasteiger partial charge in [0.25, 0.3) is 5.84 Å². The minimum absolute atomic E-state index is 0.0108. The summed E-state index contributed by atoms with van der Waals surface area (Å²) in [7, 11) is 3.59. The van der Waals surface area contributed by atoms with Crippen molar-refractivity contribution in [3.05, 3.63) is 89.5 Å². The molecule has 0 aromatic heterocycles. The Balaban J connectivity index is 1.41. The largest absolute Gasteiger partial charge is 0.489 e. The Morgan fingerprint density at radius 2 is 1.88 bits per heavy atom. The van der Waals surface area contributed by atoms with E-state index in [1.165, 1.54) is 0 Å². The molecule has 1 amide bonds. The molecule has 0 radical (unpaired) electrons. The van der Waals surface area contributed by atoms with E-state index in [4.69, 9.17) is 21.3 Å². The molecule has 41 heavy (non-hydrogen) atoms. The van der Waals surface area contributed by atoms with Gasteiger partial charge in [-0.3, -0.25) is 14.6 Å². The molecule has 2 aromatic rings. The van der Waals surface area contributed by atoms with Crippen LogP contribution in [0.15, 0.2) is 88.4 Å². The molecule has 2 aliphatic heterocycles. The molecule has 2 atom stereocenters. The Labute approximate surface area is 239 Å². The van der Waals surface area contributed by atoms with Gasteiger partial charge < -0.3 is 20.5 Å². The number of quaternary nitrogens is 1. The van der Waals surface area contributed by atoms with E-state index in [0.717, 1.165) is 22.5 Å². The summed E-state index contributed by atoms with van der Waals surface area (Å²) in [4.78, 5) is 35.7. The van der Waals surface area contributed by atoms with Gasteiger partial charge in [-0.15, -0.1) is 4.59 Å². The van der Waals surface area contributed by atoms with Gasteiger partial charge in [0.1, 0.15) is 24.3 Å². The van der Waals surface area contributed by atoms with Crippen LogP contribution >= 0.6 is 0 Å². The van der Waals surface area contributed by atoms with Crippen LogP contribution in [0.2, 0.25) is 0 Å². The number of nitrogens with two attached hydrogens (primary N) is 2. The third kappa shape index (κ3) is 5.46. The molecule has 10 heteroatoms. The number of aliphatic carboxylic acids is 1. The van der Waals surface area contributed by atoms with E-state index < -0.39 is 23.3 Å². The fourth-order valence-corrected chi connectivity index (χ4v) is 6.33. The van der Waals surface area contributed by atoms with Gasteiger partial charge >= 0.3 is 5.97 Å². The maximum Gasteiger partial charge on any atom is 0.311 e. The fourth-order valence-electron chi connectivity index (χ4n) is 6.33. The van der Waals surface area contributed by atoms with Gasteiger partial charge in [-0.05, 0) is 63.5 Å². The van der Waals surface area contributed by atoms with E-state index in [1.807, 2.05) is 54.6 Å². The predicted molar refractivity (Wildman–Crippen MR) is 156 cm³/mol. The van der Waals surface area contributed by atoms with E-state index >= 15 is 0 Å². The maximum atomic E-state index is 12.6. The molecule has 2 aromatic carbocycles. The minimum atomic E-state index is -1.08. The first-order valence-corrected chi connectivity index (χ1v) is 13.8. The highest BCUT2D eigenvalue weighted by Crippen LogP contribution is 2.48. The Kier molecular flexibility index (Phi) is 7.90. The van der Waals surface area contributed by atoms with Crippen molar-refractivity contribution in [3.8, 4) is 5.75 Å². The number of ether oxygens (including phenoxy) is 1. The summed E-state index contributed by atoms with van der Waals surface area (Å²) in [6.07, 6.45) is 7.17. The lowest BCUT2D eigenvalue weighted by Gasteiger charge is -2.44. The van der Waals surface area contributed by atoms with E-state index in [2.05, 4.69) is 4.99 Å². The van der Waals surface area contributed by atoms with Gasteiger partial charge in [-0.2, -0.15) is 10.8 Å². The van der Waals surface area contributed by atoms with Crippen LogP contribution in [0.5, 0.6) is 5.75 Å². The Morgan fingerprint density at radius 3 is 2.54 bits per heavy atom. The summed E-state index contributed by atoms with van der Waals surface area (Å²) in [5.74, 6) is 6.91. The second kappa shape index (κ2) is 11.4. The molecule has 0 bridgehead atoms. The van der Waals surface area contributed by atoms with Crippen LogP contribution in [0.25, 0.3) is 0 Å². The predicted octanol–water partition coefficient (Wildman–Crippen LogP) is 3.55. The first kappa shape index (κ1) is 28.4. The molecule has 0 saturated heterocycles. The molecule has 214 valence electrons. The highest BCUT2D eigenvalue weighted by atomic mass is 16.5. The van der Waals surface area contributed by atoms with Crippen LogP contribution in [0.4, 0.5) is 0 Å². The van der Waals surface area contributed by atoms with Gasteiger partial charge in [-0.1, -0.05) is 36.4 Å². The average molecular weight is 558 g/mol. The standard InChI is InChI=1S/C31H36N6O4/c1-36(2)26(18-27(32)38)31(30(39)40)13-11-22(12-14-31)28-25-19-34-15-16-37(25,33)29(35-28)23-9-6-10-24(17-23)41-20-21-7-4-3-5-8-21/h3-10,15-17,19,22,26H,11-14,18,20,33H2,1-2H3,(H2-,32,38,39,40)/p+1. The minimum Gasteiger partial charge on any atom is -0.489 e. The Bertz CT molecular complexity index is 1440. The molecule has 1 saturated carbocycles. The topological polar surface area (TPSA) is 144 Å². The number of carboxylic acids is 1. The van der Waals surface area contributed by atoms with Crippen molar-refractivity contribution in [3.63, 3.8) is 0 Å². The number of amides is 1. The fraction of sp³-hybridized carbons (Fsp3) is 0.355. The molecule has 0 spiro atoms. The van der Waals surface area contributed by atoms with Crippen LogP contribution in [0.3, 0.4) is 0 Å². The van der Waals surface area contributed by atoms with Gasteiger partial charge in [0.05, 0.1) is 23.4 Å². The normalized spacial score (nSPS) is 26.0. The molecular formula is C31H37N6O4+. The zero-order chi connectivity index (χ0) is 29.2. The Hall–Kier alpha value is -4.12. The summed E-state index contributed by atoms with van der Waals surface area (Å²) in [5.41, 5.74) is 7.92. The number of amidine groups is 1. The van der Waals surface area contributed by atoms with Crippen LogP contribution in [-0.2, 0) is 16.2 Å². The summed E-state index contributed by atoms with van der Waals surface area (Å²) >= 11 is 0. The summed E-state index contributed by atoms with van der Waals surface area (Å²) < 4.78 is 5.94. The number of carboxylic acid groups (broad SMARTS) is 1. The summed E-state index contributed by atoms with van der Waals surface area (Å²) in [6.45, 7) is 0.442. The monoisotopic (exact) mass is 557 g/mol. The number of allylic oxidation sites excluding steroid dienone is 2. The van der Waals surface area contributed by atoms with Crippen molar-refractivity contribution >= 4 is 23.9 Å². The van der Waals surface area contributed by atoms with Crippen LogP contribution < -0.4 is 16.3 Å². The third-order valence-corrected chi connectivity index (χ3v) is 8.51. The molecule has 1 fully saturated rings. The first-order valence-electron chi connectivity index (χ1n) is 13.8. The van der Waals surface area contributed by atoms with Crippen LogP contribution in [0, 0.1) is 11.3 Å². The molecule has 10 nitrogen and oxygen atoms in total. The van der Waals surface area contributed by atoms with Crippen LogP contribution in [-0.4, -0.2) is 58.7 Å². The third-order valence-electron chi connectivity index (χ3n) is 8.51. The lowest BCUT2D eigenvalue weighted by molar-refractivity contribution is -0.750. The van der Waals surface area contributed by atoms with Gasteiger partial charge in [0.15, 0.2) is 0 Å². The number of rotatable bonds is 10. The van der Waals surface area contributed by atoms with Crippen molar-refractivity contribution in [2.24, 2.45) is 32.9 Å². The van der Waals surface area contributed by atoms with E-state index in [9.17, 15) is 14.7 Å². The lowest BCUT2D eigenvalue weighted by atomic mass is 9.64. The number of fused-ring (bicyclic) bond motifs is 1. The number of nitrogens with zero attached hydrogens (tertiary/aromatic N) is 4.